The molecule has 2 rings (SSSR count). The van der Waals surface area contributed by atoms with Gasteiger partial charge in [0.25, 0.3) is 0 Å². The second-order valence-corrected chi connectivity index (χ2v) is 6.25. The van der Waals surface area contributed by atoms with Crippen molar-refractivity contribution in [3.63, 3.8) is 0 Å². The zero-order valence-corrected chi connectivity index (χ0v) is 13.4. The van der Waals surface area contributed by atoms with Gasteiger partial charge in [0.1, 0.15) is 5.82 Å². The summed E-state index contributed by atoms with van der Waals surface area (Å²) in [7, 11) is 2.20. The highest BCUT2D eigenvalue weighted by Gasteiger charge is 2.22. The largest absolute Gasteiger partial charge is 0.357 e. The number of pyridine rings is 1. The zero-order valence-electron chi connectivity index (χ0n) is 13.4. The first-order valence-corrected chi connectivity index (χ1v) is 8.04. The molecule has 0 amide bonds. The molecule has 1 saturated carbocycles. The fraction of sp³-hybridized carbons (Fsp3) is 0.706. The SMILES string of the molecule is CCNC(C)c1ccnc(N(C)C2CCC(C)CC2)c1. The second kappa shape index (κ2) is 7.07. The fourth-order valence-corrected chi connectivity index (χ4v) is 3.14. The van der Waals surface area contributed by atoms with Crippen LogP contribution in [0, 0.1) is 5.92 Å². The molecular weight excluding hydrogens is 246 g/mol. The van der Waals surface area contributed by atoms with Crippen LogP contribution in [0.1, 0.15) is 58.1 Å². The quantitative estimate of drug-likeness (QED) is 0.886. The lowest BCUT2D eigenvalue weighted by Crippen LogP contribution is -2.35. The highest BCUT2D eigenvalue weighted by atomic mass is 15.2. The Morgan fingerprint density at radius 1 is 1.35 bits per heavy atom. The standard InChI is InChI=1S/C17H29N3/c1-5-18-14(3)15-10-11-19-17(12-15)20(4)16-8-6-13(2)7-9-16/h10-14,16,18H,5-9H2,1-4H3. The number of aromatic nitrogens is 1. The van der Waals surface area contributed by atoms with E-state index < -0.39 is 0 Å². The van der Waals surface area contributed by atoms with Crippen molar-refractivity contribution in [1.29, 1.82) is 0 Å². The van der Waals surface area contributed by atoms with E-state index in [1.54, 1.807) is 0 Å². The molecule has 1 aliphatic rings. The molecule has 1 aromatic heterocycles. The number of rotatable bonds is 5. The summed E-state index contributed by atoms with van der Waals surface area (Å²) in [6, 6.07) is 5.41. The topological polar surface area (TPSA) is 28.2 Å². The van der Waals surface area contributed by atoms with Gasteiger partial charge in [-0.3, -0.25) is 0 Å². The molecule has 3 nitrogen and oxygen atoms in total. The maximum atomic E-state index is 4.57. The molecule has 112 valence electrons. The molecule has 0 saturated heterocycles. The smallest absolute Gasteiger partial charge is 0.128 e. The van der Waals surface area contributed by atoms with Crippen LogP contribution in [-0.4, -0.2) is 24.6 Å². The Morgan fingerprint density at radius 3 is 2.70 bits per heavy atom. The van der Waals surface area contributed by atoms with E-state index in [1.165, 1.54) is 31.2 Å². The lowest BCUT2D eigenvalue weighted by Gasteiger charge is -2.34. The molecule has 0 aromatic carbocycles. The van der Waals surface area contributed by atoms with Crippen molar-refractivity contribution in [1.82, 2.24) is 10.3 Å². The third-order valence-electron chi connectivity index (χ3n) is 4.67. The highest BCUT2D eigenvalue weighted by molar-refractivity contribution is 5.42. The number of nitrogens with zero attached hydrogens (tertiary/aromatic N) is 2. The Morgan fingerprint density at radius 2 is 2.05 bits per heavy atom. The Balaban J connectivity index is 2.06. The Labute approximate surface area is 123 Å². The molecule has 1 heterocycles. The molecule has 0 bridgehead atoms. The molecule has 1 N–H and O–H groups in total. The molecular formula is C17H29N3. The summed E-state index contributed by atoms with van der Waals surface area (Å²) in [6.07, 6.45) is 7.24. The van der Waals surface area contributed by atoms with Crippen molar-refractivity contribution < 1.29 is 0 Å². The summed E-state index contributed by atoms with van der Waals surface area (Å²) in [5, 5.41) is 3.47. The van der Waals surface area contributed by atoms with Crippen LogP contribution in [0.3, 0.4) is 0 Å². The van der Waals surface area contributed by atoms with E-state index in [0.717, 1.165) is 18.3 Å². The molecule has 1 atom stereocenters. The minimum absolute atomic E-state index is 0.390. The van der Waals surface area contributed by atoms with Gasteiger partial charge in [-0.05, 0) is 62.8 Å². The molecule has 0 radical (unpaired) electrons. The Bertz CT molecular complexity index is 410. The van der Waals surface area contributed by atoms with Crippen LogP contribution in [0.4, 0.5) is 5.82 Å². The van der Waals surface area contributed by atoms with Gasteiger partial charge in [0, 0.05) is 25.3 Å². The van der Waals surface area contributed by atoms with Crippen LogP contribution < -0.4 is 10.2 Å². The highest BCUT2D eigenvalue weighted by Crippen LogP contribution is 2.29. The molecule has 0 spiro atoms. The Kier molecular flexibility index (Phi) is 5.41. The van der Waals surface area contributed by atoms with Gasteiger partial charge >= 0.3 is 0 Å². The van der Waals surface area contributed by atoms with E-state index in [9.17, 15) is 0 Å². The molecule has 1 unspecified atom stereocenters. The lowest BCUT2D eigenvalue weighted by atomic mass is 9.87. The van der Waals surface area contributed by atoms with E-state index in [0.29, 0.717) is 12.1 Å². The average Bonchev–Trinajstić information content (AvgIpc) is 2.48. The molecule has 0 aliphatic heterocycles. The van der Waals surface area contributed by atoms with Crippen molar-refractivity contribution in [2.24, 2.45) is 5.92 Å². The third-order valence-corrected chi connectivity index (χ3v) is 4.67. The molecule has 3 heteroatoms. The van der Waals surface area contributed by atoms with Gasteiger partial charge in [0.2, 0.25) is 0 Å². The minimum atomic E-state index is 0.390. The average molecular weight is 275 g/mol. The number of hydrogen-bond donors (Lipinski definition) is 1. The van der Waals surface area contributed by atoms with Crippen molar-refractivity contribution in [3.05, 3.63) is 23.9 Å². The Hall–Kier alpha value is -1.09. The van der Waals surface area contributed by atoms with Crippen molar-refractivity contribution >= 4 is 5.82 Å². The van der Waals surface area contributed by atoms with Crippen LogP contribution >= 0.6 is 0 Å². The van der Waals surface area contributed by atoms with Gasteiger partial charge in [0.15, 0.2) is 0 Å². The second-order valence-electron chi connectivity index (χ2n) is 6.25. The zero-order chi connectivity index (χ0) is 14.5. The predicted octanol–water partition coefficient (Wildman–Crippen LogP) is 3.77. The first kappa shape index (κ1) is 15.3. The predicted molar refractivity (Wildman–Crippen MR) is 86.2 cm³/mol. The molecule has 1 aromatic rings. The van der Waals surface area contributed by atoms with Gasteiger partial charge in [-0.25, -0.2) is 4.98 Å². The normalized spacial score (nSPS) is 24.4. The summed E-state index contributed by atoms with van der Waals surface area (Å²) >= 11 is 0. The van der Waals surface area contributed by atoms with Crippen LogP contribution in [-0.2, 0) is 0 Å². The van der Waals surface area contributed by atoms with Crippen LogP contribution in [0.15, 0.2) is 18.3 Å². The van der Waals surface area contributed by atoms with Gasteiger partial charge in [-0.15, -0.1) is 0 Å². The van der Waals surface area contributed by atoms with Crippen molar-refractivity contribution in [2.75, 3.05) is 18.5 Å². The number of anilines is 1. The van der Waals surface area contributed by atoms with E-state index >= 15 is 0 Å². The van der Waals surface area contributed by atoms with Crippen LogP contribution in [0.25, 0.3) is 0 Å². The van der Waals surface area contributed by atoms with Crippen LogP contribution in [0.5, 0.6) is 0 Å². The van der Waals surface area contributed by atoms with Gasteiger partial charge in [0.05, 0.1) is 0 Å². The van der Waals surface area contributed by atoms with E-state index in [2.05, 4.69) is 55.2 Å². The van der Waals surface area contributed by atoms with Crippen molar-refractivity contribution in [2.45, 2.75) is 58.5 Å². The first-order chi connectivity index (χ1) is 9.61. The van der Waals surface area contributed by atoms with Gasteiger partial charge in [-0.2, -0.15) is 0 Å². The van der Waals surface area contributed by atoms with E-state index in [4.69, 9.17) is 0 Å². The fourth-order valence-electron chi connectivity index (χ4n) is 3.14. The number of hydrogen-bond acceptors (Lipinski definition) is 3. The summed E-state index contributed by atoms with van der Waals surface area (Å²) in [5.41, 5.74) is 1.33. The van der Waals surface area contributed by atoms with Gasteiger partial charge in [-0.1, -0.05) is 13.8 Å². The summed E-state index contributed by atoms with van der Waals surface area (Å²) in [6.45, 7) is 7.72. The summed E-state index contributed by atoms with van der Waals surface area (Å²) in [5.74, 6) is 2.01. The van der Waals surface area contributed by atoms with Crippen LogP contribution in [0.2, 0.25) is 0 Å². The first-order valence-electron chi connectivity index (χ1n) is 8.04. The monoisotopic (exact) mass is 275 g/mol. The minimum Gasteiger partial charge on any atom is -0.357 e. The molecule has 1 aliphatic carbocycles. The molecule has 20 heavy (non-hydrogen) atoms. The van der Waals surface area contributed by atoms with Crippen molar-refractivity contribution in [3.8, 4) is 0 Å². The molecule has 1 fully saturated rings. The summed E-state index contributed by atoms with van der Waals surface area (Å²) < 4.78 is 0. The van der Waals surface area contributed by atoms with E-state index in [1.807, 2.05) is 6.20 Å². The summed E-state index contributed by atoms with van der Waals surface area (Å²) in [4.78, 5) is 6.96. The maximum absolute atomic E-state index is 4.57. The lowest BCUT2D eigenvalue weighted by molar-refractivity contribution is 0.340. The van der Waals surface area contributed by atoms with Gasteiger partial charge < -0.3 is 10.2 Å². The number of nitrogens with one attached hydrogen (secondary N) is 1. The van der Waals surface area contributed by atoms with E-state index in [-0.39, 0.29) is 0 Å². The third kappa shape index (κ3) is 3.72. The maximum Gasteiger partial charge on any atom is 0.128 e.